The lowest BCUT2D eigenvalue weighted by molar-refractivity contribution is 0.793. The first kappa shape index (κ1) is 10.0. The van der Waals surface area contributed by atoms with Crippen molar-refractivity contribution in [1.82, 2.24) is 19.8 Å². The molecule has 2 heterocycles. The molecule has 0 spiro atoms. The van der Waals surface area contributed by atoms with E-state index in [0.717, 1.165) is 22.4 Å². The summed E-state index contributed by atoms with van der Waals surface area (Å²) in [6.45, 7) is 4.21. The standard InChI is InChI=1S/C12H13N5/c1-7(2)9-6-12-15-14-10-5-8(13)3-4-11(10)17(12)16-9/h3-7H,13H2,1-2H3. The van der Waals surface area contributed by atoms with Gasteiger partial charge in [-0.2, -0.15) is 5.10 Å². The minimum absolute atomic E-state index is 0.375. The number of hydrogen-bond donors (Lipinski definition) is 1. The van der Waals surface area contributed by atoms with Gasteiger partial charge in [0, 0.05) is 11.8 Å². The molecule has 0 aliphatic heterocycles. The van der Waals surface area contributed by atoms with E-state index in [2.05, 4.69) is 29.1 Å². The van der Waals surface area contributed by atoms with Crippen LogP contribution in [0.1, 0.15) is 25.5 Å². The number of nitrogens with zero attached hydrogens (tertiary/aromatic N) is 4. The summed E-state index contributed by atoms with van der Waals surface area (Å²) < 4.78 is 1.82. The molecule has 17 heavy (non-hydrogen) atoms. The van der Waals surface area contributed by atoms with Crippen LogP contribution < -0.4 is 5.73 Å². The van der Waals surface area contributed by atoms with E-state index >= 15 is 0 Å². The van der Waals surface area contributed by atoms with Crippen molar-refractivity contribution in [3.63, 3.8) is 0 Å². The molecule has 0 atom stereocenters. The van der Waals surface area contributed by atoms with E-state index in [-0.39, 0.29) is 0 Å². The maximum Gasteiger partial charge on any atom is 0.178 e. The molecule has 1 aromatic carbocycles. The maximum absolute atomic E-state index is 5.72. The summed E-state index contributed by atoms with van der Waals surface area (Å²) in [4.78, 5) is 0. The predicted octanol–water partition coefficient (Wildman–Crippen LogP) is 1.98. The molecule has 0 aliphatic carbocycles. The van der Waals surface area contributed by atoms with Crippen LogP contribution >= 0.6 is 0 Å². The fourth-order valence-corrected chi connectivity index (χ4v) is 1.82. The fourth-order valence-electron chi connectivity index (χ4n) is 1.82. The van der Waals surface area contributed by atoms with E-state index in [1.807, 2.05) is 22.7 Å². The summed E-state index contributed by atoms with van der Waals surface area (Å²) in [5, 5.41) is 12.8. The first-order chi connectivity index (χ1) is 8.15. The Morgan fingerprint density at radius 3 is 2.76 bits per heavy atom. The van der Waals surface area contributed by atoms with Gasteiger partial charge < -0.3 is 5.73 Å². The Bertz CT molecular complexity index is 699. The quantitative estimate of drug-likeness (QED) is 0.645. The molecule has 86 valence electrons. The molecule has 3 rings (SSSR count). The molecule has 0 bridgehead atoms. The van der Waals surface area contributed by atoms with Gasteiger partial charge in [-0.05, 0) is 24.1 Å². The third kappa shape index (κ3) is 1.51. The number of fused-ring (bicyclic) bond motifs is 3. The largest absolute Gasteiger partial charge is 0.399 e. The van der Waals surface area contributed by atoms with Gasteiger partial charge in [-0.3, -0.25) is 0 Å². The molecule has 0 amide bonds. The van der Waals surface area contributed by atoms with Gasteiger partial charge in [-0.15, -0.1) is 10.2 Å². The zero-order chi connectivity index (χ0) is 12.0. The first-order valence-electron chi connectivity index (χ1n) is 5.57. The number of benzene rings is 1. The molecular weight excluding hydrogens is 214 g/mol. The normalized spacial score (nSPS) is 11.7. The van der Waals surface area contributed by atoms with Crippen molar-refractivity contribution in [1.29, 1.82) is 0 Å². The van der Waals surface area contributed by atoms with Crippen LogP contribution in [0.2, 0.25) is 0 Å². The van der Waals surface area contributed by atoms with Crippen LogP contribution in [0.25, 0.3) is 16.7 Å². The Morgan fingerprint density at radius 2 is 2.00 bits per heavy atom. The SMILES string of the molecule is CC(C)c1cc2nnc3cc(N)ccc3n2n1. The molecule has 0 unspecified atom stereocenters. The summed E-state index contributed by atoms with van der Waals surface area (Å²) in [5.74, 6) is 0.375. The molecule has 2 aromatic heterocycles. The van der Waals surface area contributed by atoms with Crippen LogP contribution in [0.3, 0.4) is 0 Å². The van der Waals surface area contributed by atoms with Crippen LogP contribution in [-0.2, 0) is 0 Å². The Balaban J connectivity index is 2.38. The van der Waals surface area contributed by atoms with E-state index in [1.54, 1.807) is 6.07 Å². The summed E-state index contributed by atoms with van der Waals surface area (Å²) in [6, 6.07) is 7.54. The van der Waals surface area contributed by atoms with Crippen molar-refractivity contribution in [3.8, 4) is 0 Å². The van der Waals surface area contributed by atoms with Gasteiger partial charge in [0.25, 0.3) is 0 Å². The number of nitrogens with two attached hydrogens (primary N) is 1. The summed E-state index contributed by atoms with van der Waals surface area (Å²) in [7, 11) is 0. The summed E-state index contributed by atoms with van der Waals surface area (Å²) in [6.07, 6.45) is 0. The number of nitrogen functional groups attached to an aromatic ring is 1. The highest BCUT2D eigenvalue weighted by Gasteiger charge is 2.09. The van der Waals surface area contributed by atoms with Gasteiger partial charge in [0.1, 0.15) is 5.52 Å². The third-order valence-electron chi connectivity index (χ3n) is 2.79. The molecular formula is C12H13N5. The summed E-state index contributed by atoms with van der Waals surface area (Å²) >= 11 is 0. The smallest absolute Gasteiger partial charge is 0.178 e. The maximum atomic E-state index is 5.72. The third-order valence-corrected chi connectivity index (χ3v) is 2.79. The molecule has 0 saturated heterocycles. The van der Waals surface area contributed by atoms with Gasteiger partial charge in [0.2, 0.25) is 0 Å². The molecule has 2 N–H and O–H groups in total. The highest BCUT2D eigenvalue weighted by Crippen LogP contribution is 2.19. The molecule has 5 heteroatoms. The van der Waals surface area contributed by atoms with Gasteiger partial charge in [0.15, 0.2) is 5.65 Å². The lowest BCUT2D eigenvalue weighted by Crippen LogP contribution is -1.97. The average molecular weight is 227 g/mol. The Morgan fingerprint density at radius 1 is 1.18 bits per heavy atom. The van der Waals surface area contributed by atoms with Crippen molar-refractivity contribution in [3.05, 3.63) is 30.0 Å². The second-order valence-corrected chi connectivity index (χ2v) is 4.44. The van der Waals surface area contributed by atoms with Gasteiger partial charge in [0.05, 0.1) is 11.2 Å². The van der Waals surface area contributed by atoms with Crippen LogP contribution in [-0.4, -0.2) is 19.8 Å². The Labute approximate surface area is 98.3 Å². The second kappa shape index (κ2) is 3.41. The van der Waals surface area contributed by atoms with Crippen molar-refractivity contribution in [2.24, 2.45) is 0 Å². The Hall–Kier alpha value is -2.17. The van der Waals surface area contributed by atoms with Crippen LogP contribution in [0.15, 0.2) is 24.3 Å². The lowest BCUT2D eigenvalue weighted by Gasteiger charge is -2.00. The van der Waals surface area contributed by atoms with Gasteiger partial charge in [-0.25, -0.2) is 4.52 Å². The van der Waals surface area contributed by atoms with Crippen molar-refractivity contribution in [2.45, 2.75) is 19.8 Å². The highest BCUT2D eigenvalue weighted by atomic mass is 15.3. The topological polar surface area (TPSA) is 69.1 Å². The molecule has 3 aromatic rings. The molecule has 0 fully saturated rings. The van der Waals surface area contributed by atoms with Crippen LogP contribution in [0.4, 0.5) is 5.69 Å². The monoisotopic (exact) mass is 227 g/mol. The van der Waals surface area contributed by atoms with E-state index in [4.69, 9.17) is 5.73 Å². The van der Waals surface area contributed by atoms with Crippen molar-refractivity contribution < 1.29 is 0 Å². The molecule has 0 aliphatic rings. The second-order valence-electron chi connectivity index (χ2n) is 4.44. The first-order valence-corrected chi connectivity index (χ1v) is 5.57. The molecule has 0 radical (unpaired) electrons. The number of rotatable bonds is 1. The average Bonchev–Trinajstić information content (AvgIpc) is 2.72. The van der Waals surface area contributed by atoms with Crippen LogP contribution in [0, 0.1) is 0 Å². The van der Waals surface area contributed by atoms with E-state index in [1.165, 1.54) is 0 Å². The van der Waals surface area contributed by atoms with Crippen molar-refractivity contribution in [2.75, 3.05) is 5.73 Å². The number of anilines is 1. The molecule has 0 saturated carbocycles. The lowest BCUT2D eigenvalue weighted by atomic mass is 10.1. The highest BCUT2D eigenvalue weighted by molar-refractivity contribution is 5.79. The predicted molar refractivity (Wildman–Crippen MR) is 66.8 cm³/mol. The number of hydrogen-bond acceptors (Lipinski definition) is 4. The summed E-state index contributed by atoms with van der Waals surface area (Å²) in [5.41, 5.74) is 9.88. The van der Waals surface area contributed by atoms with Crippen molar-refractivity contribution >= 4 is 22.4 Å². The van der Waals surface area contributed by atoms with E-state index in [0.29, 0.717) is 11.6 Å². The number of aromatic nitrogens is 4. The minimum atomic E-state index is 0.375. The minimum Gasteiger partial charge on any atom is -0.399 e. The fraction of sp³-hybridized carbons (Fsp3) is 0.250. The van der Waals surface area contributed by atoms with Gasteiger partial charge >= 0.3 is 0 Å². The van der Waals surface area contributed by atoms with E-state index in [9.17, 15) is 0 Å². The van der Waals surface area contributed by atoms with Crippen LogP contribution in [0.5, 0.6) is 0 Å². The van der Waals surface area contributed by atoms with Gasteiger partial charge in [-0.1, -0.05) is 13.8 Å². The Kier molecular flexibility index (Phi) is 2.01. The molecule has 5 nitrogen and oxygen atoms in total. The van der Waals surface area contributed by atoms with E-state index < -0.39 is 0 Å². The zero-order valence-corrected chi connectivity index (χ0v) is 9.75. The zero-order valence-electron chi connectivity index (χ0n) is 9.75.